The topological polar surface area (TPSA) is 0 Å². The molecule has 0 radical (unpaired) electrons. The average Bonchev–Trinajstić information content (AvgIpc) is 2.66. The van der Waals surface area contributed by atoms with Crippen LogP contribution in [-0.2, 0) is 0 Å². The van der Waals surface area contributed by atoms with E-state index in [4.69, 9.17) is 0 Å². The Labute approximate surface area is 75.1 Å². The molecule has 0 N–H and O–H groups in total. The number of hydrogen-bond donors (Lipinski definition) is 0. The van der Waals surface area contributed by atoms with Crippen molar-refractivity contribution < 1.29 is 0 Å². The summed E-state index contributed by atoms with van der Waals surface area (Å²) in [6.07, 6.45) is 4.29. The molecule has 0 amide bonds. The maximum Gasteiger partial charge on any atom is 0.00160 e. The molecule has 0 saturated heterocycles. The third kappa shape index (κ3) is 3.50. The molecule has 0 aromatic rings. The zero-order valence-corrected chi connectivity index (χ0v) is 8.79. The van der Waals surface area contributed by atoms with Crippen molar-refractivity contribution in [1.29, 1.82) is 0 Å². The number of rotatable bonds is 5. The molecule has 3 atom stereocenters. The van der Waals surface area contributed by atoms with E-state index in [-0.39, 0.29) is 0 Å². The summed E-state index contributed by atoms with van der Waals surface area (Å²) in [5.74, 6) is 3.53. The fourth-order valence-corrected chi connectivity index (χ4v) is 2.42. The molecule has 0 bridgehead atoms. The summed E-state index contributed by atoms with van der Waals surface area (Å²) in [5, 5.41) is 0.879. The second-order valence-electron chi connectivity index (χ2n) is 3.85. The van der Waals surface area contributed by atoms with E-state index in [9.17, 15) is 0 Å². The van der Waals surface area contributed by atoms with Crippen LogP contribution in [0.1, 0.15) is 40.0 Å². The Kier molecular flexibility index (Phi) is 3.77. The van der Waals surface area contributed by atoms with E-state index in [0.29, 0.717) is 0 Å². The molecule has 0 heterocycles. The van der Waals surface area contributed by atoms with Crippen LogP contribution < -0.4 is 0 Å². The van der Waals surface area contributed by atoms with Gasteiger partial charge < -0.3 is 0 Å². The van der Waals surface area contributed by atoms with Crippen molar-refractivity contribution in [1.82, 2.24) is 0 Å². The maximum absolute atomic E-state index is 2.37. The van der Waals surface area contributed by atoms with E-state index in [1.807, 2.05) is 0 Å². The van der Waals surface area contributed by atoms with Gasteiger partial charge in [0.25, 0.3) is 0 Å². The minimum absolute atomic E-state index is 0.879. The van der Waals surface area contributed by atoms with Gasteiger partial charge in [0.2, 0.25) is 0 Å². The molecule has 0 aromatic carbocycles. The third-order valence-electron chi connectivity index (χ3n) is 2.74. The van der Waals surface area contributed by atoms with Gasteiger partial charge in [-0.05, 0) is 36.9 Å². The Hall–Kier alpha value is 0.350. The van der Waals surface area contributed by atoms with Crippen LogP contribution in [0.25, 0.3) is 0 Å². The standard InChI is InChI=1S/C10H20S/c1-4-9(3)11-6-5-10-7-8(10)2/h8-10H,4-7H2,1-3H3. The highest BCUT2D eigenvalue weighted by atomic mass is 32.2. The van der Waals surface area contributed by atoms with E-state index in [0.717, 1.165) is 17.1 Å². The lowest BCUT2D eigenvalue weighted by Gasteiger charge is -2.06. The maximum atomic E-state index is 2.37. The van der Waals surface area contributed by atoms with Gasteiger partial charge in [-0.1, -0.05) is 20.8 Å². The third-order valence-corrected chi connectivity index (χ3v) is 4.12. The second-order valence-corrected chi connectivity index (χ2v) is 5.40. The highest BCUT2D eigenvalue weighted by Crippen LogP contribution is 2.41. The summed E-state index contributed by atoms with van der Waals surface area (Å²) >= 11 is 2.15. The largest absolute Gasteiger partial charge is 0.159 e. The van der Waals surface area contributed by atoms with Crippen molar-refractivity contribution in [2.75, 3.05) is 5.75 Å². The second kappa shape index (κ2) is 4.39. The van der Waals surface area contributed by atoms with Crippen LogP contribution in [0.3, 0.4) is 0 Å². The summed E-state index contributed by atoms with van der Waals surface area (Å²) in [4.78, 5) is 0. The summed E-state index contributed by atoms with van der Waals surface area (Å²) in [7, 11) is 0. The van der Waals surface area contributed by atoms with Gasteiger partial charge in [-0.25, -0.2) is 0 Å². The van der Waals surface area contributed by atoms with Crippen LogP contribution in [0, 0.1) is 11.8 Å². The van der Waals surface area contributed by atoms with Gasteiger partial charge in [0, 0.05) is 5.25 Å². The monoisotopic (exact) mass is 172 g/mol. The minimum atomic E-state index is 0.879. The van der Waals surface area contributed by atoms with E-state index < -0.39 is 0 Å². The molecule has 1 fully saturated rings. The van der Waals surface area contributed by atoms with Crippen molar-refractivity contribution in [3.8, 4) is 0 Å². The first-order valence-electron chi connectivity index (χ1n) is 4.85. The van der Waals surface area contributed by atoms with Crippen molar-refractivity contribution in [2.24, 2.45) is 11.8 Å². The molecule has 1 heteroatoms. The molecule has 1 saturated carbocycles. The Bertz CT molecular complexity index is 107. The summed E-state index contributed by atoms with van der Waals surface area (Å²) in [6, 6.07) is 0. The predicted molar refractivity (Wildman–Crippen MR) is 54.1 cm³/mol. The van der Waals surface area contributed by atoms with Gasteiger partial charge >= 0.3 is 0 Å². The molecule has 1 rings (SSSR count). The number of hydrogen-bond acceptors (Lipinski definition) is 1. The summed E-state index contributed by atoms with van der Waals surface area (Å²) in [6.45, 7) is 6.98. The fraction of sp³-hybridized carbons (Fsp3) is 1.00. The lowest BCUT2D eigenvalue weighted by atomic mass is 10.3. The van der Waals surface area contributed by atoms with Crippen LogP contribution in [0.4, 0.5) is 0 Å². The zero-order valence-electron chi connectivity index (χ0n) is 7.97. The number of thioether (sulfide) groups is 1. The highest BCUT2D eigenvalue weighted by molar-refractivity contribution is 7.99. The molecule has 0 aromatic heterocycles. The quantitative estimate of drug-likeness (QED) is 0.611. The Morgan fingerprint density at radius 2 is 2.18 bits per heavy atom. The smallest absolute Gasteiger partial charge is 0.00160 e. The first kappa shape index (κ1) is 9.44. The van der Waals surface area contributed by atoms with Crippen LogP contribution in [-0.4, -0.2) is 11.0 Å². The van der Waals surface area contributed by atoms with E-state index >= 15 is 0 Å². The molecule has 0 nitrogen and oxygen atoms in total. The molecule has 66 valence electrons. The Balaban J connectivity index is 1.88. The Morgan fingerprint density at radius 3 is 2.64 bits per heavy atom. The van der Waals surface area contributed by atoms with Crippen LogP contribution in [0.15, 0.2) is 0 Å². The summed E-state index contributed by atoms with van der Waals surface area (Å²) in [5.41, 5.74) is 0. The van der Waals surface area contributed by atoms with E-state index in [1.165, 1.54) is 25.0 Å². The van der Waals surface area contributed by atoms with Crippen LogP contribution in [0.5, 0.6) is 0 Å². The lowest BCUT2D eigenvalue weighted by Crippen LogP contribution is -1.95. The van der Waals surface area contributed by atoms with Gasteiger partial charge in [0.1, 0.15) is 0 Å². The minimum Gasteiger partial charge on any atom is -0.159 e. The lowest BCUT2D eigenvalue weighted by molar-refractivity contribution is 0.728. The SMILES string of the molecule is CCC(C)SCCC1CC1C. The molecule has 0 aliphatic heterocycles. The molecule has 11 heavy (non-hydrogen) atoms. The summed E-state index contributed by atoms with van der Waals surface area (Å²) < 4.78 is 0. The molecule has 3 unspecified atom stereocenters. The molecular formula is C10H20S. The van der Waals surface area contributed by atoms with Crippen LogP contribution in [0.2, 0.25) is 0 Å². The van der Waals surface area contributed by atoms with Gasteiger partial charge in [0.05, 0.1) is 0 Å². The first-order valence-corrected chi connectivity index (χ1v) is 5.90. The van der Waals surface area contributed by atoms with Crippen molar-refractivity contribution in [2.45, 2.75) is 45.3 Å². The predicted octanol–water partition coefficient (Wildman–Crippen LogP) is 3.56. The van der Waals surface area contributed by atoms with Crippen molar-refractivity contribution in [3.63, 3.8) is 0 Å². The molecule has 1 aliphatic carbocycles. The van der Waals surface area contributed by atoms with Crippen LogP contribution >= 0.6 is 11.8 Å². The zero-order chi connectivity index (χ0) is 8.27. The highest BCUT2D eigenvalue weighted by Gasteiger charge is 2.31. The normalized spacial score (nSPS) is 31.9. The van der Waals surface area contributed by atoms with Gasteiger partial charge in [0.15, 0.2) is 0 Å². The van der Waals surface area contributed by atoms with E-state index in [2.05, 4.69) is 32.5 Å². The van der Waals surface area contributed by atoms with Gasteiger partial charge in [-0.2, -0.15) is 11.8 Å². The molecule has 1 aliphatic rings. The van der Waals surface area contributed by atoms with Crippen molar-refractivity contribution >= 4 is 11.8 Å². The Morgan fingerprint density at radius 1 is 1.55 bits per heavy atom. The van der Waals surface area contributed by atoms with Gasteiger partial charge in [-0.3, -0.25) is 0 Å². The fourth-order valence-electron chi connectivity index (χ4n) is 1.34. The molecular weight excluding hydrogens is 152 g/mol. The first-order chi connectivity index (χ1) is 5.24. The average molecular weight is 172 g/mol. The van der Waals surface area contributed by atoms with E-state index in [1.54, 1.807) is 0 Å². The molecule has 0 spiro atoms. The van der Waals surface area contributed by atoms with Crippen molar-refractivity contribution in [3.05, 3.63) is 0 Å². The van der Waals surface area contributed by atoms with Gasteiger partial charge in [-0.15, -0.1) is 0 Å².